The Balaban J connectivity index is 2.12. The molecular weight excluding hydrogens is 268 g/mol. The number of aliphatic imine (C=N–C) groups is 1. The van der Waals surface area contributed by atoms with E-state index in [4.69, 9.17) is 0 Å². The first kappa shape index (κ1) is 12.2. The summed E-state index contributed by atoms with van der Waals surface area (Å²) in [4.78, 5) is 15.6. The van der Waals surface area contributed by atoms with E-state index in [9.17, 15) is 18.3 Å². The summed E-state index contributed by atoms with van der Waals surface area (Å²) < 4.78 is 26.1. The summed E-state index contributed by atoms with van der Waals surface area (Å²) in [5, 5.41) is 9.24. The van der Waals surface area contributed by atoms with Gasteiger partial charge < -0.3 is 5.11 Å². The maximum atomic E-state index is 11.9. The second-order valence-corrected chi connectivity index (χ2v) is 6.40. The number of carbonyl (C=O) groups is 1. The van der Waals surface area contributed by atoms with E-state index in [0.717, 1.165) is 6.42 Å². The lowest BCUT2D eigenvalue weighted by Crippen LogP contribution is -2.45. The highest BCUT2D eigenvalue weighted by Crippen LogP contribution is 2.37. The molecule has 2 aliphatic rings. The monoisotopic (exact) mass is 280 g/mol. The summed E-state index contributed by atoms with van der Waals surface area (Å²) >= 11 is 0. The van der Waals surface area contributed by atoms with E-state index >= 15 is 0 Å². The van der Waals surface area contributed by atoms with Crippen LogP contribution in [0.4, 0.5) is 0 Å². The SMILES string of the molecule is O=C(O)C1(N=C2NS(=O)(=O)c3ccccc32)CCC1. The van der Waals surface area contributed by atoms with Gasteiger partial charge in [-0.05, 0) is 31.4 Å². The fraction of sp³-hybridized carbons (Fsp3) is 0.333. The summed E-state index contributed by atoms with van der Waals surface area (Å²) in [6.07, 6.45) is 1.67. The van der Waals surface area contributed by atoms with Crippen molar-refractivity contribution in [1.29, 1.82) is 0 Å². The van der Waals surface area contributed by atoms with Crippen molar-refractivity contribution in [1.82, 2.24) is 4.72 Å². The average molecular weight is 280 g/mol. The molecule has 1 aromatic carbocycles. The predicted octanol–water partition coefficient (Wildman–Crippen LogP) is 0.732. The molecule has 0 amide bonds. The Hall–Kier alpha value is -1.89. The van der Waals surface area contributed by atoms with Gasteiger partial charge >= 0.3 is 5.97 Å². The Morgan fingerprint density at radius 2 is 2.00 bits per heavy atom. The van der Waals surface area contributed by atoms with Crippen molar-refractivity contribution >= 4 is 21.8 Å². The van der Waals surface area contributed by atoms with Crippen LogP contribution in [0.15, 0.2) is 34.2 Å². The molecule has 100 valence electrons. The van der Waals surface area contributed by atoms with Crippen molar-refractivity contribution in [2.24, 2.45) is 4.99 Å². The molecule has 0 atom stereocenters. The lowest BCUT2D eigenvalue weighted by atomic mass is 9.77. The molecule has 1 saturated carbocycles. The van der Waals surface area contributed by atoms with Gasteiger partial charge in [-0.3, -0.25) is 4.72 Å². The van der Waals surface area contributed by atoms with Crippen LogP contribution in [0.5, 0.6) is 0 Å². The van der Waals surface area contributed by atoms with Crippen molar-refractivity contribution in [2.45, 2.75) is 29.7 Å². The molecule has 0 unspecified atom stereocenters. The highest BCUT2D eigenvalue weighted by Gasteiger charge is 2.46. The smallest absolute Gasteiger partial charge is 0.331 e. The minimum Gasteiger partial charge on any atom is -0.479 e. The first-order valence-corrected chi connectivity index (χ1v) is 7.38. The third-order valence-electron chi connectivity index (χ3n) is 3.57. The van der Waals surface area contributed by atoms with E-state index < -0.39 is 21.5 Å². The molecule has 7 heteroatoms. The normalized spacial score (nSPS) is 24.3. The minimum atomic E-state index is -3.61. The van der Waals surface area contributed by atoms with Gasteiger partial charge in [0, 0.05) is 5.56 Å². The maximum absolute atomic E-state index is 11.9. The maximum Gasteiger partial charge on any atom is 0.331 e. The summed E-state index contributed by atoms with van der Waals surface area (Å²) in [6.45, 7) is 0. The standard InChI is InChI=1S/C12H12N2O4S/c15-11(16)12(6-3-7-12)13-10-8-4-1-2-5-9(8)19(17,18)14-10/h1-2,4-5H,3,6-7H2,(H,13,14)(H,15,16). The number of nitrogens with one attached hydrogen (secondary N) is 1. The van der Waals surface area contributed by atoms with Gasteiger partial charge in [-0.25, -0.2) is 18.2 Å². The lowest BCUT2D eigenvalue weighted by molar-refractivity contribution is -0.146. The number of sulfonamides is 1. The number of carboxylic acids is 1. The van der Waals surface area contributed by atoms with Gasteiger partial charge in [0.1, 0.15) is 5.84 Å². The summed E-state index contributed by atoms with van der Waals surface area (Å²) in [7, 11) is -3.61. The highest BCUT2D eigenvalue weighted by molar-refractivity contribution is 7.90. The number of aliphatic carboxylic acids is 1. The number of hydrogen-bond acceptors (Lipinski definition) is 4. The topological polar surface area (TPSA) is 95.8 Å². The van der Waals surface area contributed by atoms with Crippen molar-refractivity contribution in [2.75, 3.05) is 0 Å². The molecule has 0 bridgehead atoms. The number of fused-ring (bicyclic) bond motifs is 1. The average Bonchev–Trinajstić information content (AvgIpc) is 2.56. The van der Waals surface area contributed by atoms with Crippen LogP contribution in [0.2, 0.25) is 0 Å². The van der Waals surface area contributed by atoms with Crippen LogP contribution in [-0.2, 0) is 14.8 Å². The first-order valence-electron chi connectivity index (χ1n) is 5.90. The van der Waals surface area contributed by atoms with E-state index in [1.165, 1.54) is 6.07 Å². The fourth-order valence-corrected chi connectivity index (χ4v) is 3.55. The first-order chi connectivity index (χ1) is 8.95. The number of amidine groups is 1. The van der Waals surface area contributed by atoms with Gasteiger partial charge in [-0.15, -0.1) is 0 Å². The van der Waals surface area contributed by atoms with E-state index in [2.05, 4.69) is 9.71 Å². The Morgan fingerprint density at radius 3 is 2.58 bits per heavy atom. The zero-order valence-electron chi connectivity index (χ0n) is 9.96. The zero-order valence-corrected chi connectivity index (χ0v) is 10.8. The molecule has 1 aliphatic carbocycles. The van der Waals surface area contributed by atoms with Gasteiger partial charge in [-0.2, -0.15) is 0 Å². The fourth-order valence-electron chi connectivity index (χ4n) is 2.32. The van der Waals surface area contributed by atoms with Crippen LogP contribution >= 0.6 is 0 Å². The molecule has 6 nitrogen and oxygen atoms in total. The van der Waals surface area contributed by atoms with Crippen LogP contribution in [0.3, 0.4) is 0 Å². The van der Waals surface area contributed by atoms with Crippen molar-refractivity contribution in [3.8, 4) is 0 Å². The number of rotatable bonds is 2. The Morgan fingerprint density at radius 1 is 1.32 bits per heavy atom. The molecule has 3 rings (SSSR count). The molecule has 0 aromatic heterocycles. The number of nitrogens with zero attached hydrogens (tertiary/aromatic N) is 1. The van der Waals surface area contributed by atoms with E-state index in [0.29, 0.717) is 18.4 Å². The third-order valence-corrected chi connectivity index (χ3v) is 4.96. The number of hydrogen-bond donors (Lipinski definition) is 2. The van der Waals surface area contributed by atoms with Crippen LogP contribution in [0.1, 0.15) is 24.8 Å². The Kier molecular flexibility index (Phi) is 2.43. The number of benzene rings is 1. The Bertz CT molecular complexity index is 689. The predicted molar refractivity (Wildman–Crippen MR) is 67.5 cm³/mol. The van der Waals surface area contributed by atoms with Crippen molar-refractivity contribution in [3.63, 3.8) is 0 Å². The second-order valence-electron chi connectivity index (χ2n) is 4.75. The second kappa shape index (κ2) is 3.80. The van der Waals surface area contributed by atoms with Crippen LogP contribution in [-0.4, -0.2) is 30.9 Å². The van der Waals surface area contributed by atoms with Crippen molar-refractivity contribution in [3.05, 3.63) is 29.8 Å². The molecule has 0 saturated heterocycles. The minimum absolute atomic E-state index is 0.137. The molecule has 0 spiro atoms. The highest BCUT2D eigenvalue weighted by atomic mass is 32.2. The summed E-state index contributed by atoms with van der Waals surface area (Å²) in [5.41, 5.74) is -0.731. The van der Waals surface area contributed by atoms with Gasteiger partial charge in [0.2, 0.25) is 0 Å². The van der Waals surface area contributed by atoms with Gasteiger partial charge in [0.15, 0.2) is 5.54 Å². The molecule has 0 radical (unpaired) electrons. The van der Waals surface area contributed by atoms with Crippen LogP contribution < -0.4 is 4.72 Å². The molecule has 2 N–H and O–H groups in total. The summed E-state index contributed by atoms with van der Waals surface area (Å²) in [6, 6.07) is 6.43. The number of carboxylic acid groups (broad SMARTS) is 1. The Labute approximate surface area is 110 Å². The van der Waals surface area contributed by atoms with Crippen LogP contribution in [0.25, 0.3) is 0 Å². The quantitative estimate of drug-likeness (QED) is 0.834. The van der Waals surface area contributed by atoms with Gasteiger partial charge in [-0.1, -0.05) is 12.1 Å². The summed E-state index contributed by atoms with van der Waals surface area (Å²) in [5.74, 6) is -0.868. The molecule has 1 aliphatic heterocycles. The zero-order chi connectivity index (χ0) is 13.7. The van der Waals surface area contributed by atoms with Crippen LogP contribution in [0, 0.1) is 0 Å². The van der Waals surface area contributed by atoms with Gasteiger partial charge in [0.25, 0.3) is 10.0 Å². The van der Waals surface area contributed by atoms with E-state index in [-0.39, 0.29) is 10.7 Å². The van der Waals surface area contributed by atoms with Gasteiger partial charge in [0.05, 0.1) is 4.90 Å². The largest absolute Gasteiger partial charge is 0.479 e. The molecule has 1 heterocycles. The van der Waals surface area contributed by atoms with Crippen molar-refractivity contribution < 1.29 is 18.3 Å². The molecule has 1 fully saturated rings. The molecular formula is C12H12N2O4S. The molecule has 19 heavy (non-hydrogen) atoms. The van der Waals surface area contributed by atoms with E-state index in [1.54, 1.807) is 18.2 Å². The van der Waals surface area contributed by atoms with E-state index in [1.807, 2.05) is 0 Å². The lowest BCUT2D eigenvalue weighted by Gasteiger charge is -2.33. The third kappa shape index (κ3) is 1.73. The molecule has 1 aromatic rings.